The third-order valence-electron chi connectivity index (χ3n) is 2.69. The van der Waals surface area contributed by atoms with Gasteiger partial charge in [-0.15, -0.1) is 12.4 Å². The highest BCUT2D eigenvalue weighted by molar-refractivity contribution is 5.85. The molecule has 2 rings (SSSR count). The van der Waals surface area contributed by atoms with E-state index in [4.69, 9.17) is 9.47 Å². The first-order valence-electron chi connectivity index (χ1n) is 4.28. The molecule has 0 bridgehead atoms. The zero-order chi connectivity index (χ0) is 7.73. The molecule has 3 nitrogen and oxygen atoms in total. The van der Waals surface area contributed by atoms with E-state index in [1.54, 1.807) is 0 Å². The number of ether oxygens (including phenoxy) is 2. The molecular weight excluding hydrogens is 178 g/mol. The van der Waals surface area contributed by atoms with Crippen LogP contribution in [0.1, 0.15) is 13.3 Å². The minimum atomic E-state index is -0.101. The molecule has 12 heavy (non-hydrogen) atoms. The molecule has 2 fully saturated rings. The van der Waals surface area contributed by atoms with Crippen LogP contribution in [0.3, 0.4) is 0 Å². The second kappa shape index (κ2) is 3.92. The highest BCUT2D eigenvalue weighted by atomic mass is 35.5. The number of halogens is 1. The molecule has 0 amide bonds. The van der Waals surface area contributed by atoms with Crippen LogP contribution in [0.4, 0.5) is 0 Å². The number of rotatable bonds is 1. The van der Waals surface area contributed by atoms with E-state index >= 15 is 0 Å². The Labute approximate surface area is 79.2 Å². The Morgan fingerprint density at radius 2 is 2.25 bits per heavy atom. The van der Waals surface area contributed by atoms with Gasteiger partial charge in [0.2, 0.25) is 0 Å². The average Bonchev–Trinajstić information content (AvgIpc) is 2.55. The number of hydrogen-bond donors (Lipinski definition) is 1. The van der Waals surface area contributed by atoms with Crippen molar-refractivity contribution in [3.8, 4) is 0 Å². The maximum atomic E-state index is 5.63. The van der Waals surface area contributed by atoms with Gasteiger partial charge in [-0.2, -0.15) is 0 Å². The zero-order valence-electron chi connectivity index (χ0n) is 7.34. The average molecular weight is 194 g/mol. The summed E-state index contributed by atoms with van der Waals surface area (Å²) in [5.74, 6) is 0.546. The van der Waals surface area contributed by atoms with Gasteiger partial charge in [0.25, 0.3) is 0 Å². The number of nitrogens with one attached hydrogen (secondary N) is 1. The van der Waals surface area contributed by atoms with Crippen molar-refractivity contribution >= 4 is 12.4 Å². The van der Waals surface area contributed by atoms with Crippen molar-refractivity contribution in [2.24, 2.45) is 5.92 Å². The zero-order valence-corrected chi connectivity index (χ0v) is 8.15. The number of hydrogen-bond acceptors (Lipinski definition) is 3. The Balaban J connectivity index is 0.000000720. The molecule has 0 radical (unpaired) electrons. The van der Waals surface area contributed by atoms with Gasteiger partial charge in [0.15, 0.2) is 0 Å². The summed E-state index contributed by atoms with van der Waals surface area (Å²) in [6.07, 6.45) is 1.13. The van der Waals surface area contributed by atoms with E-state index in [-0.39, 0.29) is 18.1 Å². The molecule has 2 saturated heterocycles. The minimum Gasteiger partial charge on any atom is -0.381 e. The maximum absolute atomic E-state index is 5.63. The van der Waals surface area contributed by atoms with Crippen LogP contribution in [0.5, 0.6) is 0 Å². The fourth-order valence-corrected chi connectivity index (χ4v) is 1.84. The third-order valence-corrected chi connectivity index (χ3v) is 2.69. The van der Waals surface area contributed by atoms with Crippen molar-refractivity contribution in [1.29, 1.82) is 0 Å². The molecule has 2 unspecified atom stereocenters. The Hall–Kier alpha value is 0.170. The van der Waals surface area contributed by atoms with Gasteiger partial charge in [-0.1, -0.05) is 0 Å². The fourth-order valence-electron chi connectivity index (χ4n) is 1.84. The van der Waals surface area contributed by atoms with Gasteiger partial charge in [-0.05, 0) is 13.3 Å². The standard InChI is InChI=1S/C8H15NO2.ClH/c1-8(9-3-5-11-8)7-2-4-10-6-7;/h7,9H,2-6H2,1H3;1H. The van der Waals surface area contributed by atoms with Crippen molar-refractivity contribution in [1.82, 2.24) is 5.32 Å². The van der Waals surface area contributed by atoms with E-state index in [9.17, 15) is 0 Å². The Morgan fingerprint density at radius 1 is 1.42 bits per heavy atom. The Morgan fingerprint density at radius 3 is 2.75 bits per heavy atom. The molecule has 0 aliphatic carbocycles. The fraction of sp³-hybridized carbons (Fsp3) is 1.00. The first-order valence-corrected chi connectivity index (χ1v) is 4.28. The van der Waals surface area contributed by atoms with Gasteiger partial charge in [-0.3, -0.25) is 5.32 Å². The molecule has 2 heterocycles. The van der Waals surface area contributed by atoms with E-state index in [0.29, 0.717) is 5.92 Å². The lowest BCUT2D eigenvalue weighted by Gasteiger charge is -2.29. The highest BCUT2D eigenvalue weighted by Crippen LogP contribution is 2.28. The van der Waals surface area contributed by atoms with Gasteiger partial charge >= 0.3 is 0 Å². The summed E-state index contributed by atoms with van der Waals surface area (Å²) < 4.78 is 10.9. The monoisotopic (exact) mass is 193 g/mol. The van der Waals surface area contributed by atoms with E-state index in [1.807, 2.05) is 0 Å². The predicted octanol–water partition coefficient (Wildman–Crippen LogP) is 0.781. The van der Waals surface area contributed by atoms with E-state index < -0.39 is 0 Å². The van der Waals surface area contributed by atoms with Crippen molar-refractivity contribution in [2.45, 2.75) is 19.1 Å². The van der Waals surface area contributed by atoms with Crippen LogP contribution in [-0.2, 0) is 9.47 Å². The molecular formula is C8H16ClNO2. The molecule has 0 aromatic rings. The summed E-state index contributed by atoms with van der Waals surface area (Å²) in [7, 11) is 0. The van der Waals surface area contributed by atoms with Gasteiger partial charge in [0, 0.05) is 19.1 Å². The lowest BCUT2D eigenvalue weighted by atomic mass is 9.97. The molecule has 0 spiro atoms. The summed E-state index contributed by atoms with van der Waals surface area (Å²) in [5, 5.41) is 3.37. The molecule has 72 valence electrons. The lowest BCUT2D eigenvalue weighted by Crippen LogP contribution is -2.45. The van der Waals surface area contributed by atoms with Crippen LogP contribution in [0, 0.1) is 5.92 Å². The van der Waals surface area contributed by atoms with Crippen LogP contribution in [0.15, 0.2) is 0 Å². The first-order chi connectivity index (χ1) is 5.31. The van der Waals surface area contributed by atoms with Crippen LogP contribution in [-0.4, -0.2) is 32.1 Å². The summed E-state index contributed by atoms with van der Waals surface area (Å²) >= 11 is 0. The van der Waals surface area contributed by atoms with Crippen molar-refractivity contribution in [3.05, 3.63) is 0 Å². The maximum Gasteiger partial charge on any atom is 0.121 e. The van der Waals surface area contributed by atoms with E-state index in [1.165, 1.54) is 0 Å². The second-order valence-corrected chi connectivity index (χ2v) is 3.44. The predicted molar refractivity (Wildman–Crippen MR) is 48.5 cm³/mol. The SMILES string of the molecule is CC1(C2CCOC2)NCCO1.Cl. The van der Waals surface area contributed by atoms with E-state index in [0.717, 1.165) is 32.8 Å². The van der Waals surface area contributed by atoms with Crippen molar-refractivity contribution < 1.29 is 9.47 Å². The molecule has 0 saturated carbocycles. The minimum absolute atomic E-state index is 0. The van der Waals surface area contributed by atoms with Crippen molar-refractivity contribution in [2.75, 3.05) is 26.4 Å². The molecule has 4 heteroatoms. The smallest absolute Gasteiger partial charge is 0.121 e. The Bertz CT molecular complexity index is 142. The van der Waals surface area contributed by atoms with Crippen LogP contribution < -0.4 is 5.32 Å². The molecule has 0 aromatic heterocycles. The largest absolute Gasteiger partial charge is 0.381 e. The lowest BCUT2D eigenvalue weighted by molar-refractivity contribution is -0.0446. The first kappa shape index (κ1) is 10.3. The molecule has 2 aliphatic rings. The molecule has 1 N–H and O–H groups in total. The summed E-state index contributed by atoms with van der Waals surface area (Å²) in [6, 6.07) is 0. The summed E-state index contributed by atoms with van der Waals surface area (Å²) in [4.78, 5) is 0. The van der Waals surface area contributed by atoms with Gasteiger partial charge < -0.3 is 9.47 Å². The topological polar surface area (TPSA) is 30.5 Å². The van der Waals surface area contributed by atoms with Crippen LogP contribution >= 0.6 is 12.4 Å². The normalized spacial score (nSPS) is 41.2. The third kappa shape index (κ3) is 1.74. The van der Waals surface area contributed by atoms with Crippen LogP contribution in [0.2, 0.25) is 0 Å². The molecule has 0 aromatic carbocycles. The van der Waals surface area contributed by atoms with Crippen LogP contribution in [0.25, 0.3) is 0 Å². The van der Waals surface area contributed by atoms with E-state index in [2.05, 4.69) is 12.2 Å². The summed E-state index contributed by atoms with van der Waals surface area (Å²) in [5.41, 5.74) is -0.101. The van der Waals surface area contributed by atoms with Crippen molar-refractivity contribution in [3.63, 3.8) is 0 Å². The molecule has 2 atom stereocenters. The van der Waals surface area contributed by atoms with Gasteiger partial charge in [0.1, 0.15) is 5.72 Å². The highest BCUT2D eigenvalue weighted by Gasteiger charge is 2.39. The second-order valence-electron chi connectivity index (χ2n) is 3.44. The quantitative estimate of drug-likeness (QED) is 0.668. The van der Waals surface area contributed by atoms with Gasteiger partial charge in [-0.25, -0.2) is 0 Å². The Kier molecular flexibility index (Phi) is 3.35. The molecule has 2 aliphatic heterocycles. The van der Waals surface area contributed by atoms with Gasteiger partial charge in [0.05, 0.1) is 13.2 Å². The summed E-state index contributed by atoms with van der Waals surface area (Å²) in [6.45, 7) is 5.69.